The number of likely N-dealkylation sites (tertiary alicyclic amines) is 1. The summed E-state index contributed by atoms with van der Waals surface area (Å²) in [5.41, 5.74) is 5.64. The van der Waals surface area contributed by atoms with E-state index in [0.717, 1.165) is 52.1 Å². The predicted octanol–water partition coefficient (Wildman–Crippen LogP) is 0.197. The molecule has 2 fully saturated rings. The quantitative estimate of drug-likeness (QED) is 0.709. The van der Waals surface area contributed by atoms with Gasteiger partial charge in [-0.3, -0.25) is 0 Å². The van der Waals surface area contributed by atoms with Gasteiger partial charge < -0.3 is 20.5 Å². The highest BCUT2D eigenvalue weighted by molar-refractivity contribution is 4.85. The molecule has 2 rings (SSSR count). The molecule has 3 N–H and O–H groups in total. The fraction of sp³-hybridized carbons (Fsp3) is 1.00. The number of aliphatic hydroxyl groups is 1. The number of piperidine rings is 1. The lowest BCUT2D eigenvalue weighted by atomic mass is 9.91. The minimum atomic E-state index is -0.457. The van der Waals surface area contributed by atoms with Crippen LogP contribution >= 0.6 is 0 Å². The van der Waals surface area contributed by atoms with Crippen molar-refractivity contribution in [3.05, 3.63) is 0 Å². The summed E-state index contributed by atoms with van der Waals surface area (Å²) in [6, 6.07) is 0.288. The lowest BCUT2D eigenvalue weighted by Gasteiger charge is -2.39. The average molecular weight is 228 g/mol. The first-order chi connectivity index (χ1) is 7.57. The summed E-state index contributed by atoms with van der Waals surface area (Å²) in [6.45, 7) is 6.53. The van der Waals surface area contributed by atoms with Gasteiger partial charge in [-0.15, -0.1) is 0 Å². The number of nitrogens with zero attached hydrogens (tertiary/aromatic N) is 1. The van der Waals surface area contributed by atoms with Crippen molar-refractivity contribution < 1.29 is 9.84 Å². The second-order valence-corrected chi connectivity index (χ2v) is 5.59. The standard InChI is InChI=1S/C12H24N2O2/c1-12(15)3-5-14(6-4-12)8-10-9-16-7-2-11(10)13/h10-11,15H,2-9,13H2,1H3. The maximum atomic E-state index is 9.87. The molecule has 2 aliphatic heterocycles. The Bertz CT molecular complexity index is 223. The van der Waals surface area contributed by atoms with Crippen LogP contribution in [0.3, 0.4) is 0 Å². The highest BCUT2D eigenvalue weighted by Gasteiger charge is 2.30. The topological polar surface area (TPSA) is 58.7 Å². The zero-order chi connectivity index (χ0) is 11.6. The molecule has 0 spiro atoms. The average Bonchev–Trinajstić information content (AvgIpc) is 2.24. The summed E-state index contributed by atoms with van der Waals surface area (Å²) < 4.78 is 5.48. The van der Waals surface area contributed by atoms with Crippen molar-refractivity contribution in [3.63, 3.8) is 0 Å². The first-order valence-electron chi connectivity index (χ1n) is 6.35. The van der Waals surface area contributed by atoms with Gasteiger partial charge in [0.05, 0.1) is 12.2 Å². The van der Waals surface area contributed by atoms with Crippen molar-refractivity contribution in [1.82, 2.24) is 4.90 Å². The van der Waals surface area contributed by atoms with Crippen LogP contribution < -0.4 is 5.73 Å². The van der Waals surface area contributed by atoms with Crippen LogP contribution in [0.5, 0.6) is 0 Å². The van der Waals surface area contributed by atoms with Crippen LogP contribution in [0.15, 0.2) is 0 Å². The normalized spacial score (nSPS) is 36.2. The summed E-state index contributed by atoms with van der Waals surface area (Å²) in [7, 11) is 0. The second-order valence-electron chi connectivity index (χ2n) is 5.59. The van der Waals surface area contributed by atoms with E-state index in [9.17, 15) is 5.11 Å². The monoisotopic (exact) mass is 228 g/mol. The van der Waals surface area contributed by atoms with Gasteiger partial charge in [0.25, 0.3) is 0 Å². The van der Waals surface area contributed by atoms with Gasteiger partial charge in [0.15, 0.2) is 0 Å². The van der Waals surface area contributed by atoms with Crippen LogP contribution in [-0.2, 0) is 4.74 Å². The van der Waals surface area contributed by atoms with Crippen LogP contribution in [0.1, 0.15) is 26.2 Å². The molecule has 16 heavy (non-hydrogen) atoms. The Morgan fingerprint density at radius 3 is 2.75 bits per heavy atom. The molecular formula is C12H24N2O2. The molecule has 2 saturated heterocycles. The highest BCUT2D eigenvalue weighted by atomic mass is 16.5. The molecule has 0 aromatic heterocycles. The number of hydrogen-bond acceptors (Lipinski definition) is 4. The van der Waals surface area contributed by atoms with Gasteiger partial charge in [-0.1, -0.05) is 0 Å². The van der Waals surface area contributed by atoms with E-state index in [4.69, 9.17) is 10.5 Å². The Morgan fingerprint density at radius 1 is 1.44 bits per heavy atom. The molecule has 0 amide bonds. The second kappa shape index (κ2) is 5.00. The fourth-order valence-electron chi connectivity index (χ4n) is 2.55. The van der Waals surface area contributed by atoms with Crippen molar-refractivity contribution in [2.24, 2.45) is 11.7 Å². The molecule has 0 aliphatic carbocycles. The molecule has 2 aliphatic rings. The third-order valence-corrected chi connectivity index (χ3v) is 3.96. The van der Waals surface area contributed by atoms with Crippen molar-refractivity contribution in [1.29, 1.82) is 0 Å². The minimum absolute atomic E-state index is 0.288. The van der Waals surface area contributed by atoms with E-state index in [1.807, 2.05) is 6.92 Å². The molecule has 2 atom stereocenters. The van der Waals surface area contributed by atoms with Gasteiger partial charge in [0, 0.05) is 38.2 Å². The van der Waals surface area contributed by atoms with Crippen LogP contribution in [0.4, 0.5) is 0 Å². The van der Waals surface area contributed by atoms with Crippen molar-refractivity contribution >= 4 is 0 Å². The molecule has 0 saturated carbocycles. The highest BCUT2D eigenvalue weighted by Crippen LogP contribution is 2.23. The summed E-state index contributed by atoms with van der Waals surface area (Å²) >= 11 is 0. The Kier molecular flexibility index (Phi) is 3.85. The number of rotatable bonds is 2. The molecule has 0 aromatic rings. The van der Waals surface area contributed by atoms with Crippen LogP contribution in [-0.4, -0.2) is 54.5 Å². The number of ether oxygens (including phenoxy) is 1. The Morgan fingerprint density at radius 2 is 2.12 bits per heavy atom. The molecular weight excluding hydrogens is 204 g/mol. The molecule has 0 aromatic carbocycles. The van der Waals surface area contributed by atoms with Crippen LogP contribution in [0, 0.1) is 5.92 Å². The van der Waals surface area contributed by atoms with E-state index in [-0.39, 0.29) is 6.04 Å². The van der Waals surface area contributed by atoms with Crippen molar-refractivity contribution in [2.45, 2.75) is 37.8 Å². The van der Waals surface area contributed by atoms with Crippen molar-refractivity contribution in [3.8, 4) is 0 Å². The smallest absolute Gasteiger partial charge is 0.0644 e. The SMILES string of the molecule is CC1(O)CCN(CC2COCCC2N)CC1. The summed E-state index contributed by atoms with van der Waals surface area (Å²) in [6.07, 6.45) is 2.72. The van der Waals surface area contributed by atoms with Crippen molar-refractivity contribution in [2.75, 3.05) is 32.8 Å². The maximum Gasteiger partial charge on any atom is 0.0644 e. The molecule has 94 valence electrons. The van der Waals surface area contributed by atoms with E-state index in [0.29, 0.717) is 5.92 Å². The number of hydrogen-bond donors (Lipinski definition) is 2. The Balaban J connectivity index is 1.77. The lowest BCUT2D eigenvalue weighted by Crippen LogP contribution is -2.49. The van der Waals surface area contributed by atoms with Gasteiger partial charge in [0.2, 0.25) is 0 Å². The zero-order valence-electron chi connectivity index (χ0n) is 10.2. The largest absolute Gasteiger partial charge is 0.390 e. The summed E-state index contributed by atoms with van der Waals surface area (Å²) in [4.78, 5) is 2.41. The summed E-state index contributed by atoms with van der Waals surface area (Å²) in [5, 5.41) is 9.87. The van der Waals surface area contributed by atoms with E-state index < -0.39 is 5.60 Å². The maximum absolute atomic E-state index is 9.87. The van der Waals surface area contributed by atoms with Crippen LogP contribution in [0.25, 0.3) is 0 Å². The van der Waals surface area contributed by atoms with Gasteiger partial charge in [0.1, 0.15) is 0 Å². The van der Waals surface area contributed by atoms with Gasteiger partial charge in [-0.2, -0.15) is 0 Å². The van der Waals surface area contributed by atoms with Gasteiger partial charge in [-0.05, 0) is 26.2 Å². The van der Waals surface area contributed by atoms with E-state index in [1.54, 1.807) is 0 Å². The van der Waals surface area contributed by atoms with E-state index >= 15 is 0 Å². The third-order valence-electron chi connectivity index (χ3n) is 3.96. The van der Waals surface area contributed by atoms with Gasteiger partial charge >= 0.3 is 0 Å². The minimum Gasteiger partial charge on any atom is -0.390 e. The Labute approximate surface area is 97.7 Å². The molecule has 4 nitrogen and oxygen atoms in total. The summed E-state index contributed by atoms with van der Waals surface area (Å²) in [5.74, 6) is 0.469. The van der Waals surface area contributed by atoms with E-state index in [2.05, 4.69) is 4.90 Å². The first-order valence-corrected chi connectivity index (χ1v) is 6.35. The Hall–Kier alpha value is -0.160. The molecule has 2 heterocycles. The molecule has 0 bridgehead atoms. The fourth-order valence-corrected chi connectivity index (χ4v) is 2.55. The third kappa shape index (κ3) is 3.17. The molecule has 2 unspecified atom stereocenters. The lowest BCUT2D eigenvalue weighted by molar-refractivity contribution is -0.0227. The van der Waals surface area contributed by atoms with Gasteiger partial charge in [-0.25, -0.2) is 0 Å². The number of nitrogens with two attached hydrogens (primary N) is 1. The molecule has 0 radical (unpaired) electrons. The van der Waals surface area contributed by atoms with E-state index in [1.165, 1.54) is 0 Å². The predicted molar refractivity (Wildman–Crippen MR) is 63.2 cm³/mol. The zero-order valence-corrected chi connectivity index (χ0v) is 10.2. The molecule has 4 heteroatoms. The van der Waals surface area contributed by atoms with Crippen LogP contribution in [0.2, 0.25) is 0 Å². The first kappa shape index (κ1) is 12.3.